The zero-order chi connectivity index (χ0) is 13.1. The molecule has 0 aromatic heterocycles. The molecular formula is C14H10ClN3Se. The second-order valence-electron chi connectivity index (χ2n) is 3.89. The summed E-state index contributed by atoms with van der Waals surface area (Å²) in [6.07, 6.45) is 0. The van der Waals surface area contributed by atoms with Gasteiger partial charge in [0, 0.05) is 0 Å². The molecule has 1 atom stereocenters. The first-order valence-electron chi connectivity index (χ1n) is 5.74. The second-order valence-corrected chi connectivity index (χ2v) is 7.02. The predicted molar refractivity (Wildman–Crippen MR) is 80.0 cm³/mol. The summed E-state index contributed by atoms with van der Waals surface area (Å²) in [6, 6.07) is 19.7. The maximum atomic E-state index is 6.20. The summed E-state index contributed by atoms with van der Waals surface area (Å²) >= 11 is -1.86. The van der Waals surface area contributed by atoms with Crippen LogP contribution in [0.4, 0.5) is 0 Å². The van der Waals surface area contributed by atoms with Crippen LogP contribution in [0.2, 0.25) is 0 Å². The van der Waals surface area contributed by atoms with E-state index in [0.717, 1.165) is 11.1 Å². The van der Waals surface area contributed by atoms with Gasteiger partial charge in [-0.2, -0.15) is 0 Å². The van der Waals surface area contributed by atoms with Crippen LogP contribution >= 0.6 is 10.1 Å². The Kier molecular flexibility index (Phi) is 3.64. The van der Waals surface area contributed by atoms with Crippen LogP contribution < -0.4 is 0 Å². The van der Waals surface area contributed by atoms with Gasteiger partial charge in [-0.05, 0) is 0 Å². The van der Waals surface area contributed by atoms with Crippen molar-refractivity contribution < 1.29 is 0 Å². The molecule has 3 nitrogen and oxygen atoms in total. The Hall–Kier alpha value is -1.61. The van der Waals surface area contributed by atoms with E-state index in [-0.39, 0.29) is 0 Å². The van der Waals surface area contributed by atoms with Crippen molar-refractivity contribution in [2.45, 2.75) is 0 Å². The fourth-order valence-electron chi connectivity index (χ4n) is 1.71. The Morgan fingerprint density at radius 1 is 0.737 bits per heavy atom. The van der Waals surface area contributed by atoms with E-state index in [4.69, 9.17) is 10.1 Å². The Morgan fingerprint density at radius 2 is 1.26 bits per heavy atom. The van der Waals surface area contributed by atoms with Crippen molar-refractivity contribution in [2.24, 2.45) is 13.0 Å². The summed E-state index contributed by atoms with van der Waals surface area (Å²) in [5.74, 6) is 1.35. The number of halogens is 1. The summed E-state index contributed by atoms with van der Waals surface area (Å²) in [4.78, 5) is 4.52. The van der Waals surface area contributed by atoms with E-state index in [1.807, 2.05) is 60.7 Å². The SMILES string of the molecule is Cl[Se]1=NC(c2ccccc2)=NC(c2ccccc2)=N1. The molecule has 0 radical (unpaired) electrons. The van der Waals surface area contributed by atoms with Crippen molar-refractivity contribution in [3.63, 3.8) is 0 Å². The van der Waals surface area contributed by atoms with Crippen LogP contribution in [0.5, 0.6) is 0 Å². The van der Waals surface area contributed by atoms with Gasteiger partial charge >= 0.3 is 120 Å². The third-order valence-corrected chi connectivity index (χ3v) is 4.67. The van der Waals surface area contributed by atoms with E-state index in [9.17, 15) is 0 Å². The first kappa shape index (κ1) is 12.4. The average Bonchev–Trinajstić information content (AvgIpc) is 2.48. The molecule has 3 rings (SSSR count). The molecule has 1 heterocycles. The Morgan fingerprint density at radius 3 is 1.84 bits per heavy atom. The van der Waals surface area contributed by atoms with E-state index in [2.05, 4.69) is 13.0 Å². The summed E-state index contributed by atoms with van der Waals surface area (Å²) < 4.78 is 8.76. The van der Waals surface area contributed by atoms with E-state index in [1.54, 1.807) is 0 Å². The van der Waals surface area contributed by atoms with Crippen LogP contribution in [-0.2, 0) is 0 Å². The van der Waals surface area contributed by atoms with Crippen molar-refractivity contribution in [3.05, 3.63) is 71.8 Å². The van der Waals surface area contributed by atoms with Crippen molar-refractivity contribution in [1.29, 1.82) is 0 Å². The quantitative estimate of drug-likeness (QED) is 0.755. The van der Waals surface area contributed by atoms with Crippen LogP contribution in [0, 0.1) is 0 Å². The second kappa shape index (κ2) is 5.57. The van der Waals surface area contributed by atoms with Gasteiger partial charge in [-0.15, -0.1) is 0 Å². The molecule has 2 aromatic carbocycles. The Bertz CT molecular complexity index is 638. The number of aliphatic imine (C=N–C) groups is 1. The van der Waals surface area contributed by atoms with Crippen LogP contribution in [0.1, 0.15) is 11.1 Å². The van der Waals surface area contributed by atoms with Gasteiger partial charge in [0.25, 0.3) is 0 Å². The summed E-state index contributed by atoms with van der Waals surface area (Å²) in [7, 11) is 6.20. The molecule has 1 unspecified atom stereocenters. The zero-order valence-electron chi connectivity index (χ0n) is 9.90. The van der Waals surface area contributed by atoms with Crippen molar-refractivity contribution in [3.8, 4) is 0 Å². The molecule has 0 N–H and O–H groups in total. The van der Waals surface area contributed by atoms with Gasteiger partial charge < -0.3 is 0 Å². The number of amidine groups is 2. The van der Waals surface area contributed by atoms with Crippen LogP contribution in [0.3, 0.4) is 0 Å². The van der Waals surface area contributed by atoms with Crippen LogP contribution in [-0.4, -0.2) is 24.7 Å². The monoisotopic (exact) mass is 335 g/mol. The number of hydrogen-bond acceptors (Lipinski definition) is 3. The van der Waals surface area contributed by atoms with Gasteiger partial charge in [0.2, 0.25) is 0 Å². The van der Waals surface area contributed by atoms with Crippen molar-refractivity contribution >= 4 is 34.8 Å². The molecule has 0 spiro atoms. The van der Waals surface area contributed by atoms with Gasteiger partial charge in [0.05, 0.1) is 0 Å². The minimum absolute atomic E-state index is 0.675. The topological polar surface area (TPSA) is 37.1 Å². The number of rotatable bonds is 2. The van der Waals surface area contributed by atoms with Crippen LogP contribution in [0.15, 0.2) is 73.6 Å². The van der Waals surface area contributed by atoms with Gasteiger partial charge in [-0.25, -0.2) is 0 Å². The maximum absolute atomic E-state index is 6.20. The Balaban J connectivity index is 2.05. The molecule has 1 aliphatic heterocycles. The standard InChI is InChI=1S/C14H10ClN3Se/c15-19-17-13(11-7-3-1-4-8-11)16-14(18-19)12-9-5-2-6-10-12/h1-10H. The first-order chi connectivity index (χ1) is 9.33. The van der Waals surface area contributed by atoms with E-state index in [1.165, 1.54) is 0 Å². The molecule has 0 aliphatic carbocycles. The molecule has 0 saturated carbocycles. The molecule has 2 aromatic rings. The summed E-state index contributed by atoms with van der Waals surface area (Å²) in [5.41, 5.74) is 1.94. The van der Waals surface area contributed by atoms with Gasteiger partial charge in [-0.3, -0.25) is 0 Å². The third-order valence-electron chi connectivity index (χ3n) is 2.60. The van der Waals surface area contributed by atoms with Gasteiger partial charge in [-0.1, -0.05) is 0 Å². The molecule has 1 aliphatic rings. The first-order valence-corrected chi connectivity index (χ1v) is 9.52. The average molecular weight is 335 g/mol. The van der Waals surface area contributed by atoms with E-state index < -0.39 is 13.0 Å². The molecule has 0 fully saturated rings. The van der Waals surface area contributed by atoms with E-state index >= 15 is 0 Å². The normalized spacial score (nSPS) is 18.3. The number of benzene rings is 2. The minimum atomic E-state index is -1.86. The zero-order valence-corrected chi connectivity index (χ0v) is 12.4. The van der Waals surface area contributed by atoms with E-state index in [0.29, 0.717) is 11.7 Å². The summed E-state index contributed by atoms with van der Waals surface area (Å²) in [6.45, 7) is 0. The Labute approximate surface area is 119 Å². The molecule has 0 bridgehead atoms. The third kappa shape index (κ3) is 2.87. The molecule has 19 heavy (non-hydrogen) atoms. The van der Waals surface area contributed by atoms with Gasteiger partial charge in [0.15, 0.2) is 0 Å². The predicted octanol–water partition coefficient (Wildman–Crippen LogP) is 3.39. The van der Waals surface area contributed by atoms with Crippen molar-refractivity contribution in [2.75, 3.05) is 0 Å². The van der Waals surface area contributed by atoms with Gasteiger partial charge in [0.1, 0.15) is 0 Å². The fourth-order valence-corrected chi connectivity index (χ4v) is 3.69. The molecular weight excluding hydrogens is 325 g/mol. The molecule has 0 amide bonds. The molecule has 94 valence electrons. The van der Waals surface area contributed by atoms with Crippen LogP contribution in [0.25, 0.3) is 0 Å². The number of nitrogens with zero attached hydrogens (tertiary/aromatic N) is 3. The summed E-state index contributed by atoms with van der Waals surface area (Å²) in [5, 5.41) is 0. The van der Waals surface area contributed by atoms with Crippen molar-refractivity contribution in [1.82, 2.24) is 0 Å². The fraction of sp³-hybridized carbons (Fsp3) is 0. The number of hydrogen-bond donors (Lipinski definition) is 0. The molecule has 5 heteroatoms. The molecule has 0 saturated heterocycles.